The predicted octanol–water partition coefficient (Wildman–Crippen LogP) is 4.52. The maximum atomic E-state index is 13.1. The highest BCUT2D eigenvalue weighted by Gasteiger charge is 2.16. The summed E-state index contributed by atoms with van der Waals surface area (Å²) in [6, 6.07) is 19.9. The Balaban J connectivity index is 1.48. The number of aromatic nitrogens is 3. The van der Waals surface area contributed by atoms with E-state index in [1.54, 1.807) is 6.20 Å². The van der Waals surface area contributed by atoms with Crippen molar-refractivity contribution in [3.8, 4) is 11.4 Å². The standard InChI is InChI=1S/C23H25N5O/c1-2-13-28(14-12-24-19-6-4-3-5-7-19)23(29)18-9-8-17-15-22(26-21(17)16-18)20-10-11-25-27-20/h3-11,15-16,24,26H,2,12-14H2,1H3,(H,25,27). The van der Waals surface area contributed by atoms with Crippen LogP contribution in [-0.2, 0) is 0 Å². The largest absolute Gasteiger partial charge is 0.383 e. The van der Waals surface area contributed by atoms with Crippen LogP contribution in [0.15, 0.2) is 66.9 Å². The summed E-state index contributed by atoms with van der Waals surface area (Å²) in [6.45, 7) is 4.20. The monoisotopic (exact) mass is 387 g/mol. The minimum atomic E-state index is 0.0568. The van der Waals surface area contributed by atoms with E-state index in [1.165, 1.54) is 0 Å². The Kier molecular flexibility index (Phi) is 5.61. The zero-order valence-corrected chi connectivity index (χ0v) is 16.5. The molecule has 6 nitrogen and oxygen atoms in total. The molecule has 2 aromatic carbocycles. The first-order chi connectivity index (χ1) is 14.2. The zero-order valence-electron chi connectivity index (χ0n) is 16.5. The number of nitrogens with zero attached hydrogens (tertiary/aromatic N) is 2. The van der Waals surface area contributed by atoms with Gasteiger partial charge in [0, 0.05) is 48.0 Å². The second-order valence-electron chi connectivity index (χ2n) is 7.04. The molecule has 29 heavy (non-hydrogen) atoms. The van der Waals surface area contributed by atoms with E-state index in [0.717, 1.165) is 40.9 Å². The van der Waals surface area contributed by atoms with Crippen molar-refractivity contribution in [1.29, 1.82) is 0 Å². The molecule has 0 aliphatic carbocycles. The van der Waals surface area contributed by atoms with E-state index in [1.807, 2.05) is 59.5 Å². The normalized spacial score (nSPS) is 10.9. The number of aromatic amines is 2. The fourth-order valence-electron chi connectivity index (χ4n) is 3.47. The molecule has 0 aliphatic rings. The number of nitrogens with one attached hydrogen (secondary N) is 3. The molecule has 0 unspecified atom stereocenters. The SMILES string of the molecule is CCCN(CCNc1ccccc1)C(=O)c1ccc2cc(-c3ccn[nH]3)[nH]c2c1. The number of H-pyrrole nitrogens is 2. The van der Waals surface area contributed by atoms with Gasteiger partial charge in [0.05, 0.1) is 11.4 Å². The third kappa shape index (κ3) is 4.32. The third-order valence-corrected chi connectivity index (χ3v) is 4.93. The molecule has 2 aromatic heterocycles. The second kappa shape index (κ2) is 8.65. The zero-order chi connectivity index (χ0) is 20.1. The molecule has 3 N–H and O–H groups in total. The molecule has 0 fully saturated rings. The molecule has 0 saturated carbocycles. The van der Waals surface area contributed by atoms with Crippen LogP contribution in [0.5, 0.6) is 0 Å². The average Bonchev–Trinajstić information content (AvgIpc) is 3.42. The maximum absolute atomic E-state index is 13.1. The van der Waals surface area contributed by atoms with E-state index in [9.17, 15) is 4.79 Å². The predicted molar refractivity (Wildman–Crippen MR) is 117 cm³/mol. The Hall–Kier alpha value is -3.54. The maximum Gasteiger partial charge on any atom is 0.253 e. The van der Waals surface area contributed by atoms with Crippen molar-refractivity contribution in [2.24, 2.45) is 0 Å². The van der Waals surface area contributed by atoms with E-state index in [0.29, 0.717) is 18.7 Å². The van der Waals surface area contributed by atoms with Gasteiger partial charge in [0.2, 0.25) is 0 Å². The van der Waals surface area contributed by atoms with Gasteiger partial charge in [-0.2, -0.15) is 5.10 Å². The van der Waals surface area contributed by atoms with Crippen LogP contribution in [0.4, 0.5) is 5.69 Å². The molecule has 1 amide bonds. The summed E-state index contributed by atoms with van der Waals surface area (Å²) in [5.41, 5.74) is 4.59. The van der Waals surface area contributed by atoms with Crippen molar-refractivity contribution >= 4 is 22.5 Å². The summed E-state index contributed by atoms with van der Waals surface area (Å²) in [6.07, 6.45) is 2.65. The number of hydrogen-bond acceptors (Lipinski definition) is 3. The molecular formula is C23H25N5O. The Morgan fingerprint density at radius 3 is 2.66 bits per heavy atom. The number of hydrogen-bond donors (Lipinski definition) is 3. The lowest BCUT2D eigenvalue weighted by molar-refractivity contribution is 0.0762. The van der Waals surface area contributed by atoms with Crippen LogP contribution in [0.25, 0.3) is 22.3 Å². The second-order valence-corrected chi connectivity index (χ2v) is 7.04. The van der Waals surface area contributed by atoms with Gasteiger partial charge in [0.25, 0.3) is 5.91 Å². The molecular weight excluding hydrogens is 362 g/mol. The summed E-state index contributed by atoms with van der Waals surface area (Å²) < 4.78 is 0. The average molecular weight is 387 g/mol. The number of benzene rings is 2. The fourth-order valence-corrected chi connectivity index (χ4v) is 3.47. The van der Waals surface area contributed by atoms with Crippen LogP contribution in [0.3, 0.4) is 0 Å². The molecule has 148 valence electrons. The first kappa shape index (κ1) is 18.8. The van der Waals surface area contributed by atoms with Crippen LogP contribution < -0.4 is 5.32 Å². The molecule has 6 heteroatoms. The van der Waals surface area contributed by atoms with Crippen LogP contribution in [0, 0.1) is 0 Å². The van der Waals surface area contributed by atoms with Crippen LogP contribution in [0.2, 0.25) is 0 Å². The molecule has 4 rings (SSSR count). The van der Waals surface area contributed by atoms with E-state index in [-0.39, 0.29) is 5.91 Å². The molecule has 2 heterocycles. The summed E-state index contributed by atoms with van der Waals surface area (Å²) in [5, 5.41) is 11.4. The lowest BCUT2D eigenvalue weighted by Crippen LogP contribution is -2.35. The summed E-state index contributed by atoms with van der Waals surface area (Å²) in [5.74, 6) is 0.0568. The minimum Gasteiger partial charge on any atom is -0.383 e. The van der Waals surface area contributed by atoms with Crippen LogP contribution >= 0.6 is 0 Å². The van der Waals surface area contributed by atoms with Gasteiger partial charge in [-0.1, -0.05) is 31.2 Å². The highest BCUT2D eigenvalue weighted by Crippen LogP contribution is 2.24. The van der Waals surface area contributed by atoms with E-state index in [4.69, 9.17) is 0 Å². The van der Waals surface area contributed by atoms with Gasteiger partial charge < -0.3 is 15.2 Å². The lowest BCUT2D eigenvalue weighted by Gasteiger charge is -2.22. The Labute approximate surface area is 169 Å². The first-order valence-electron chi connectivity index (χ1n) is 9.95. The number of carbonyl (C=O) groups excluding carboxylic acids is 1. The Morgan fingerprint density at radius 2 is 1.90 bits per heavy atom. The van der Waals surface area contributed by atoms with E-state index in [2.05, 4.69) is 33.5 Å². The Bertz CT molecular complexity index is 1070. The highest BCUT2D eigenvalue weighted by atomic mass is 16.2. The fraction of sp³-hybridized carbons (Fsp3) is 0.217. The van der Waals surface area contributed by atoms with E-state index >= 15 is 0 Å². The number of anilines is 1. The molecule has 0 spiro atoms. The number of para-hydroxylation sites is 1. The molecule has 0 aliphatic heterocycles. The van der Waals surface area contributed by atoms with Gasteiger partial charge in [-0.05, 0) is 42.8 Å². The molecule has 0 saturated heterocycles. The first-order valence-corrected chi connectivity index (χ1v) is 9.95. The van der Waals surface area contributed by atoms with Gasteiger partial charge in [0.1, 0.15) is 0 Å². The summed E-state index contributed by atoms with van der Waals surface area (Å²) >= 11 is 0. The van der Waals surface area contributed by atoms with Gasteiger partial charge in [-0.25, -0.2) is 0 Å². The van der Waals surface area contributed by atoms with Crippen molar-refractivity contribution in [2.75, 3.05) is 25.0 Å². The van der Waals surface area contributed by atoms with Crippen molar-refractivity contribution in [1.82, 2.24) is 20.1 Å². The third-order valence-electron chi connectivity index (χ3n) is 4.93. The highest BCUT2D eigenvalue weighted by molar-refractivity contribution is 5.98. The topological polar surface area (TPSA) is 76.8 Å². The Morgan fingerprint density at radius 1 is 1.03 bits per heavy atom. The summed E-state index contributed by atoms with van der Waals surface area (Å²) in [7, 11) is 0. The van der Waals surface area contributed by atoms with E-state index < -0.39 is 0 Å². The summed E-state index contributed by atoms with van der Waals surface area (Å²) in [4.78, 5) is 18.4. The van der Waals surface area contributed by atoms with Gasteiger partial charge in [-0.15, -0.1) is 0 Å². The molecule has 0 radical (unpaired) electrons. The van der Waals surface area contributed by atoms with Crippen molar-refractivity contribution in [3.05, 3.63) is 72.4 Å². The smallest absolute Gasteiger partial charge is 0.253 e. The number of carbonyl (C=O) groups is 1. The number of fused-ring (bicyclic) bond motifs is 1. The van der Waals surface area contributed by atoms with Gasteiger partial charge in [-0.3, -0.25) is 9.89 Å². The van der Waals surface area contributed by atoms with Crippen molar-refractivity contribution < 1.29 is 4.79 Å². The van der Waals surface area contributed by atoms with Crippen LogP contribution in [0.1, 0.15) is 23.7 Å². The van der Waals surface area contributed by atoms with Crippen molar-refractivity contribution in [2.45, 2.75) is 13.3 Å². The molecule has 4 aromatic rings. The number of rotatable bonds is 8. The van der Waals surface area contributed by atoms with Crippen LogP contribution in [-0.4, -0.2) is 45.6 Å². The van der Waals surface area contributed by atoms with Crippen molar-refractivity contribution in [3.63, 3.8) is 0 Å². The van der Waals surface area contributed by atoms with Gasteiger partial charge >= 0.3 is 0 Å². The number of amides is 1. The quantitative estimate of drug-likeness (QED) is 0.416. The van der Waals surface area contributed by atoms with Gasteiger partial charge in [0.15, 0.2) is 0 Å². The molecule has 0 bridgehead atoms. The molecule has 0 atom stereocenters. The lowest BCUT2D eigenvalue weighted by atomic mass is 10.1. The minimum absolute atomic E-state index is 0.0568.